The zero-order valence-corrected chi connectivity index (χ0v) is 25.4. The van der Waals surface area contributed by atoms with Gasteiger partial charge in [-0.1, -0.05) is 0 Å². The van der Waals surface area contributed by atoms with E-state index >= 15 is 0 Å². The van der Waals surface area contributed by atoms with Crippen LogP contribution in [-0.4, -0.2) is 117 Å². The molecule has 18 nitrogen and oxygen atoms in total. The summed E-state index contributed by atoms with van der Waals surface area (Å²) >= 11 is 0. The maximum absolute atomic E-state index is 11.2. The minimum Gasteiger partial charge on any atom is -0.662 e. The molecule has 0 spiro atoms. The van der Waals surface area contributed by atoms with Crippen molar-refractivity contribution < 1.29 is 107 Å². The Kier molecular flexibility index (Phi) is 37.3. The smallest absolute Gasteiger partial charge is 0.662 e. The van der Waals surface area contributed by atoms with Crippen molar-refractivity contribution in [2.24, 2.45) is 5.73 Å². The molecule has 0 aliphatic carbocycles. The third-order valence-corrected chi connectivity index (χ3v) is 3.67. The van der Waals surface area contributed by atoms with Crippen molar-refractivity contribution in [3.05, 3.63) is 0 Å². The number of carboxylic acids is 2. The van der Waals surface area contributed by atoms with E-state index in [1.54, 1.807) is 0 Å². The van der Waals surface area contributed by atoms with E-state index in [1.807, 2.05) is 13.8 Å². The zero-order valence-electron chi connectivity index (χ0n) is 23.4. The number of Topliss-reactive ketones (excluding diaryl/α,β-unsaturated/α-hetero) is 1. The molecule has 1 fully saturated rings. The average molecular weight is 609 g/mol. The largest absolute Gasteiger partial charge is 1.00 e. The second kappa shape index (κ2) is 33.7. The number of hydroxylamine groups is 2. The fraction of sp³-hybridized carbons (Fsp3) is 0.682. The van der Waals surface area contributed by atoms with Gasteiger partial charge in [-0.05, 0) is 13.8 Å². The first-order valence-electron chi connectivity index (χ1n) is 11.8. The summed E-state index contributed by atoms with van der Waals surface area (Å²) in [5.41, 5.74) is 4.57. The predicted molar refractivity (Wildman–Crippen MR) is 128 cm³/mol. The summed E-state index contributed by atoms with van der Waals surface area (Å²) in [6.07, 6.45) is 0.0617. The Morgan fingerprint density at radius 1 is 0.854 bits per heavy atom. The van der Waals surface area contributed by atoms with Gasteiger partial charge in [0, 0.05) is 32.5 Å². The monoisotopic (exact) mass is 608 g/mol. The molecule has 1 aliphatic heterocycles. The number of carbonyl (C=O) groups is 7. The van der Waals surface area contributed by atoms with Crippen LogP contribution in [-0.2, 0) is 62.2 Å². The quantitative estimate of drug-likeness (QED) is 0.0327. The molecule has 0 unspecified atom stereocenters. The van der Waals surface area contributed by atoms with Crippen LogP contribution in [0.5, 0.6) is 0 Å². The van der Waals surface area contributed by atoms with E-state index < -0.39 is 29.7 Å². The van der Waals surface area contributed by atoms with Gasteiger partial charge in [-0.3, -0.25) is 28.8 Å². The SMILES string of the molecule is CCOCCOCC(=O)CCC(=O)O.CCOCCOCC(=O)ON1C(=O)CCC1=O.NCC(=O)O.O=CO[O-].[Na+]. The Hall–Kier alpha value is -2.55. The number of aliphatic carboxylic acids is 2. The third kappa shape index (κ3) is 35.4. The van der Waals surface area contributed by atoms with Crippen LogP contribution in [0.4, 0.5) is 0 Å². The van der Waals surface area contributed by atoms with Crippen molar-refractivity contribution in [2.45, 2.75) is 39.5 Å². The maximum Gasteiger partial charge on any atom is 1.00 e. The average Bonchev–Trinajstić information content (AvgIpc) is 3.24. The minimum absolute atomic E-state index is 0. The minimum atomic E-state index is -0.968. The molecule has 0 aromatic rings. The van der Waals surface area contributed by atoms with Crippen LogP contribution < -0.4 is 40.5 Å². The number of ketones is 1. The number of ether oxygens (including phenoxy) is 4. The first kappa shape index (κ1) is 45.4. The van der Waals surface area contributed by atoms with Crippen LogP contribution in [0.3, 0.4) is 0 Å². The van der Waals surface area contributed by atoms with E-state index in [2.05, 4.69) is 15.5 Å². The van der Waals surface area contributed by atoms with E-state index in [0.717, 1.165) is 0 Å². The summed E-state index contributed by atoms with van der Waals surface area (Å²) in [7, 11) is 0. The third-order valence-electron chi connectivity index (χ3n) is 3.67. The van der Waals surface area contributed by atoms with Gasteiger partial charge in [-0.15, -0.1) is 5.06 Å². The number of amides is 2. The Balaban J connectivity index is -0.000000256. The van der Waals surface area contributed by atoms with Crippen LogP contribution in [0, 0.1) is 0 Å². The molecule has 0 saturated carbocycles. The summed E-state index contributed by atoms with van der Waals surface area (Å²) in [5.74, 6) is -3.90. The second-order valence-electron chi connectivity index (χ2n) is 6.77. The van der Waals surface area contributed by atoms with Crippen molar-refractivity contribution in [1.82, 2.24) is 5.06 Å². The van der Waals surface area contributed by atoms with E-state index in [-0.39, 0.29) is 93.9 Å². The molecular weight excluding hydrogens is 571 g/mol. The summed E-state index contributed by atoms with van der Waals surface area (Å²) < 4.78 is 19.9. The molecule has 232 valence electrons. The molecule has 0 aromatic heterocycles. The maximum atomic E-state index is 11.2. The molecule has 19 heteroatoms. The summed E-state index contributed by atoms with van der Waals surface area (Å²) in [6, 6.07) is 0. The van der Waals surface area contributed by atoms with E-state index in [9.17, 15) is 28.8 Å². The van der Waals surface area contributed by atoms with Crippen molar-refractivity contribution >= 4 is 42.0 Å². The molecule has 41 heavy (non-hydrogen) atoms. The Labute approximate surface area is 258 Å². The molecule has 1 saturated heterocycles. The fourth-order valence-corrected chi connectivity index (χ4v) is 1.97. The van der Waals surface area contributed by atoms with Gasteiger partial charge in [-0.25, -0.2) is 4.79 Å². The first-order valence-corrected chi connectivity index (χ1v) is 11.8. The number of carbonyl (C=O) groups excluding carboxylic acids is 5. The summed E-state index contributed by atoms with van der Waals surface area (Å²) in [5, 5.41) is 24.8. The van der Waals surface area contributed by atoms with Gasteiger partial charge in [0.2, 0.25) is 0 Å². The molecule has 0 aromatic carbocycles. The molecule has 2 amide bonds. The topological polar surface area (TPSA) is 268 Å². The van der Waals surface area contributed by atoms with Crippen molar-refractivity contribution in [3.63, 3.8) is 0 Å². The van der Waals surface area contributed by atoms with Gasteiger partial charge in [-0.2, -0.15) is 0 Å². The Morgan fingerprint density at radius 2 is 1.27 bits per heavy atom. The van der Waals surface area contributed by atoms with Crippen LogP contribution in [0.1, 0.15) is 39.5 Å². The number of nitrogens with zero attached hydrogens (tertiary/aromatic N) is 1. The molecular formula is C22H37N2NaO16. The molecule has 1 aliphatic rings. The van der Waals surface area contributed by atoms with Gasteiger partial charge < -0.3 is 49.9 Å². The molecule has 0 atom stereocenters. The first-order chi connectivity index (χ1) is 19.0. The standard InChI is InChI=1S/C10H15NO6.C9H16O5.C2H5NO2.CH2O3.Na/c1-2-15-5-6-16-7-10(14)17-11-8(12)3-4-9(11)13;1-2-13-5-6-14-7-8(10)3-4-9(11)12;3-1-2(4)5;2-1-4-3;/h2-7H2,1H3;2-7H2,1H3,(H,11,12);1,3H2,(H,4,5);1,3H;/q;;;;+1/p-1. The van der Waals surface area contributed by atoms with Crippen LogP contribution in [0.2, 0.25) is 0 Å². The zero-order chi connectivity index (χ0) is 31.2. The molecule has 1 rings (SSSR count). The van der Waals surface area contributed by atoms with Gasteiger partial charge in [0.15, 0.2) is 5.78 Å². The second-order valence-corrected chi connectivity index (χ2v) is 6.77. The normalized spacial score (nSPS) is 11.3. The summed E-state index contributed by atoms with van der Waals surface area (Å²) in [6.45, 7) is 5.58. The van der Waals surface area contributed by atoms with Crippen LogP contribution >= 0.6 is 0 Å². The Morgan fingerprint density at radius 3 is 1.63 bits per heavy atom. The number of rotatable bonds is 18. The van der Waals surface area contributed by atoms with E-state index in [4.69, 9.17) is 39.2 Å². The Bertz CT molecular complexity index is 737. The van der Waals surface area contributed by atoms with Crippen molar-refractivity contribution in [2.75, 3.05) is 59.4 Å². The molecule has 0 bridgehead atoms. The number of hydrogen-bond donors (Lipinski definition) is 3. The molecule has 0 radical (unpaired) electrons. The van der Waals surface area contributed by atoms with Crippen LogP contribution in [0.25, 0.3) is 0 Å². The number of hydrogen-bond acceptors (Lipinski definition) is 15. The predicted octanol–water partition coefficient (Wildman–Crippen LogP) is -5.41. The van der Waals surface area contributed by atoms with Crippen molar-refractivity contribution in [3.8, 4) is 0 Å². The number of imide groups is 1. The van der Waals surface area contributed by atoms with Gasteiger partial charge >= 0.3 is 47.5 Å². The van der Waals surface area contributed by atoms with Gasteiger partial charge in [0.05, 0.1) is 39.4 Å². The van der Waals surface area contributed by atoms with Gasteiger partial charge in [0.1, 0.15) is 13.2 Å². The number of carboxylic acid groups (broad SMARTS) is 2. The van der Waals surface area contributed by atoms with E-state index in [0.29, 0.717) is 38.1 Å². The molecule has 4 N–H and O–H groups in total. The van der Waals surface area contributed by atoms with Crippen molar-refractivity contribution in [1.29, 1.82) is 0 Å². The van der Waals surface area contributed by atoms with E-state index in [1.165, 1.54) is 0 Å². The van der Waals surface area contributed by atoms with Crippen LogP contribution in [0.15, 0.2) is 0 Å². The van der Waals surface area contributed by atoms with Gasteiger partial charge in [0.25, 0.3) is 18.3 Å². The summed E-state index contributed by atoms with van der Waals surface area (Å²) in [4.78, 5) is 79.5. The fourth-order valence-electron chi connectivity index (χ4n) is 1.97. The number of nitrogens with two attached hydrogens (primary N) is 1. The molecule has 1 heterocycles.